The standard InChI is InChI=1S/C15H21N5O2/c1-22-14-4-6-16-15(17-14)19-7-2-3-12(11-19)13-5-8-20(18-13)9-10-21/h4-6,8,12,21H,2-3,7,9-11H2,1H3. The minimum absolute atomic E-state index is 0.107. The SMILES string of the molecule is COc1ccnc(N2CCCC(c3ccn(CCO)n3)C2)n1. The first-order valence-corrected chi connectivity index (χ1v) is 7.56. The maximum Gasteiger partial charge on any atom is 0.228 e. The summed E-state index contributed by atoms with van der Waals surface area (Å²) >= 11 is 0. The summed E-state index contributed by atoms with van der Waals surface area (Å²) in [4.78, 5) is 10.9. The lowest BCUT2D eigenvalue weighted by Gasteiger charge is -2.32. The van der Waals surface area contributed by atoms with Gasteiger partial charge in [-0.2, -0.15) is 10.1 Å². The van der Waals surface area contributed by atoms with Gasteiger partial charge in [-0.15, -0.1) is 0 Å². The maximum atomic E-state index is 8.98. The number of anilines is 1. The van der Waals surface area contributed by atoms with Crippen LogP contribution in [0.3, 0.4) is 0 Å². The first kappa shape index (κ1) is 14.8. The summed E-state index contributed by atoms with van der Waals surface area (Å²) in [5.74, 6) is 1.65. The quantitative estimate of drug-likeness (QED) is 0.890. The lowest BCUT2D eigenvalue weighted by Crippen LogP contribution is -2.35. The molecule has 1 fully saturated rings. The Balaban J connectivity index is 1.72. The van der Waals surface area contributed by atoms with Crippen molar-refractivity contribution in [2.24, 2.45) is 0 Å². The molecule has 0 saturated carbocycles. The summed E-state index contributed by atoms with van der Waals surface area (Å²) in [5.41, 5.74) is 1.07. The number of nitrogens with zero attached hydrogens (tertiary/aromatic N) is 5. The van der Waals surface area contributed by atoms with Crippen LogP contribution in [0, 0.1) is 0 Å². The molecule has 22 heavy (non-hydrogen) atoms. The molecule has 7 heteroatoms. The van der Waals surface area contributed by atoms with Crippen LogP contribution in [0.4, 0.5) is 5.95 Å². The second-order valence-electron chi connectivity index (χ2n) is 5.41. The molecule has 0 radical (unpaired) electrons. The molecule has 2 aromatic rings. The van der Waals surface area contributed by atoms with Crippen LogP contribution in [0.1, 0.15) is 24.5 Å². The van der Waals surface area contributed by atoms with Gasteiger partial charge in [0.15, 0.2) is 0 Å². The van der Waals surface area contributed by atoms with Crippen molar-refractivity contribution >= 4 is 5.95 Å². The Labute approximate surface area is 129 Å². The molecule has 0 bridgehead atoms. The Hall–Kier alpha value is -2.15. The van der Waals surface area contributed by atoms with Crippen molar-refractivity contribution in [3.63, 3.8) is 0 Å². The third-order valence-electron chi connectivity index (χ3n) is 3.94. The normalized spacial score (nSPS) is 18.5. The molecule has 1 atom stereocenters. The van der Waals surface area contributed by atoms with E-state index in [1.807, 2.05) is 12.3 Å². The lowest BCUT2D eigenvalue weighted by atomic mass is 9.95. The van der Waals surface area contributed by atoms with E-state index in [9.17, 15) is 0 Å². The Kier molecular flexibility index (Phi) is 4.53. The summed E-state index contributed by atoms with van der Waals surface area (Å²) in [6, 6.07) is 3.79. The van der Waals surface area contributed by atoms with Gasteiger partial charge in [0.05, 0.1) is 26.0 Å². The summed E-state index contributed by atoms with van der Waals surface area (Å²) in [6.07, 6.45) is 5.84. The van der Waals surface area contributed by atoms with Crippen molar-refractivity contribution < 1.29 is 9.84 Å². The average Bonchev–Trinajstić information content (AvgIpc) is 3.04. The molecule has 1 unspecified atom stereocenters. The number of rotatable bonds is 5. The van der Waals surface area contributed by atoms with Gasteiger partial charge in [-0.25, -0.2) is 4.98 Å². The van der Waals surface area contributed by atoms with Crippen molar-refractivity contribution in [3.8, 4) is 5.88 Å². The predicted molar refractivity (Wildman–Crippen MR) is 82.1 cm³/mol. The fourth-order valence-corrected chi connectivity index (χ4v) is 2.82. The van der Waals surface area contributed by atoms with E-state index in [2.05, 4.69) is 20.0 Å². The van der Waals surface area contributed by atoms with E-state index >= 15 is 0 Å². The Morgan fingerprint density at radius 2 is 2.32 bits per heavy atom. The number of methoxy groups -OCH3 is 1. The van der Waals surface area contributed by atoms with Crippen LogP contribution in [0.25, 0.3) is 0 Å². The van der Waals surface area contributed by atoms with Crippen molar-refractivity contribution in [3.05, 3.63) is 30.2 Å². The van der Waals surface area contributed by atoms with E-state index in [-0.39, 0.29) is 6.61 Å². The van der Waals surface area contributed by atoms with Gasteiger partial charge in [-0.1, -0.05) is 0 Å². The van der Waals surface area contributed by atoms with Crippen molar-refractivity contribution in [1.82, 2.24) is 19.7 Å². The summed E-state index contributed by atoms with van der Waals surface area (Å²) in [6.45, 7) is 2.44. The van der Waals surface area contributed by atoms with E-state index < -0.39 is 0 Å². The highest BCUT2D eigenvalue weighted by Crippen LogP contribution is 2.28. The topological polar surface area (TPSA) is 76.3 Å². The van der Waals surface area contributed by atoms with Crippen LogP contribution in [0.15, 0.2) is 24.5 Å². The highest BCUT2D eigenvalue weighted by atomic mass is 16.5. The van der Waals surface area contributed by atoms with E-state index in [1.54, 1.807) is 24.1 Å². The van der Waals surface area contributed by atoms with E-state index in [4.69, 9.17) is 9.84 Å². The largest absolute Gasteiger partial charge is 0.481 e. The summed E-state index contributed by atoms with van der Waals surface area (Å²) in [7, 11) is 1.61. The predicted octanol–water partition coefficient (Wildman–Crippen LogP) is 1.06. The fourth-order valence-electron chi connectivity index (χ4n) is 2.82. The minimum atomic E-state index is 0.107. The van der Waals surface area contributed by atoms with Crippen LogP contribution in [-0.4, -0.2) is 51.7 Å². The van der Waals surface area contributed by atoms with Crippen LogP contribution in [-0.2, 0) is 6.54 Å². The minimum Gasteiger partial charge on any atom is -0.481 e. The fraction of sp³-hybridized carbons (Fsp3) is 0.533. The summed E-state index contributed by atoms with van der Waals surface area (Å²) in [5, 5.41) is 13.5. The Morgan fingerprint density at radius 3 is 3.14 bits per heavy atom. The monoisotopic (exact) mass is 303 g/mol. The molecule has 1 aliphatic heterocycles. The van der Waals surface area contributed by atoms with Gasteiger partial charge in [0.2, 0.25) is 11.8 Å². The molecular formula is C15H21N5O2. The number of hydrogen-bond acceptors (Lipinski definition) is 6. The molecule has 0 spiro atoms. The van der Waals surface area contributed by atoms with Crippen molar-refractivity contribution in [1.29, 1.82) is 0 Å². The molecule has 7 nitrogen and oxygen atoms in total. The highest BCUT2D eigenvalue weighted by molar-refractivity contribution is 5.34. The van der Waals surface area contributed by atoms with Gasteiger partial charge in [0, 0.05) is 37.5 Å². The molecule has 118 valence electrons. The Bertz CT molecular complexity index is 615. The van der Waals surface area contributed by atoms with Crippen LogP contribution >= 0.6 is 0 Å². The number of ether oxygens (including phenoxy) is 1. The molecule has 1 aliphatic rings. The lowest BCUT2D eigenvalue weighted by molar-refractivity contribution is 0.268. The zero-order valence-electron chi connectivity index (χ0n) is 12.7. The Morgan fingerprint density at radius 1 is 1.41 bits per heavy atom. The van der Waals surface area contributed by atoms with E-state index in [1.165, 1.54) is 0 Å². The van der Waals surface area contributed by atoms with Crippen molar-refractivity contribution in [2.75, 3.05) is 31.7 Å². The van der Waals surface area contributed by atoms with Gasteiger partial charge in [0.1, 0.15) is 0 Å². The number of aliphatic hydroxyl groups is 1. The average molecular weight is 303 g/mol. The molecule has 0 aromatic carbocycles. The third-order valence-corrected chi connectivity index (χ3v) is 3.94. The number of piperidine rings is 1. The molecule has 2 aromatic heterocycles. The smallest absolute Gasteiger partial charge is 0.228 e. The van der Waals surface area contributed by atoms with E-state index in [0.717, 1.165) is 31.6 Å². The molecule has 1 N–H and O–H groups in total. The van der Waals surface area contributed by atoms with Crippen molar-refractivity contribution in [2.45, 2.75) is 25.3 Å². The second-order valence-corrected chi connectivity index (χ2v) is 5.41. The van der Waals surface area contributed by atoms with Crippen LogP contribution in [0.2, 0.25) is 0 Å². The number of aromatic nitrogens is 4. The van der Waals surface area contributed by atoms with Gasteiger partial charge >= 0.3 is 0 Å². The third kappa shape index (κ3) is 3.19. The van der Waals surface area contributed by atoms with Gasteiger partial charge in [0.25, 0.3) is 0 Å². The second kappa shape index (κ2) is 6.74. The molecule has 0 amide bonds. The summed E-state index contributed by atoms with van der Waals surface area (Å²) < 4.78 is 6.96. The zero-order valence-corrected chi connectivity index (χ0v) is 12.7. The van der Waals surface area contributed by atoms with Gasteiger partial charge in [-0.3, -0.25) is 4.68 Å². The van der Waals surface area contributed by atoms with Crippen LogP contribution < -0.4 is 9.64 Å². The first-order valence-electron chi connectivity index (χ1n) is 7.56. The number of hydrogen-bond donors (Lipinski definition) is 1. The van der Waals surface area contributed by atoms with Crippen LogP contribution in [0.5, 0.6) is 5.88 Å². The van der Waals surface area contributed by atoms with Gasteiger partial charge < -0.3 is 14.7 Å². The molecule has 1 saturated heterocycles. The highest BCUT2D eigenvalue weighted by Gasteiger charge is 2.24. The molecular weight excluding hydrogens is 282 g/mol. The molecule has 3 rings (SSSR count). The molecule has 0 aliphatic carbocycles. The number of aliphatic hydroxyl groups excluding tert-OH is 1. The van der Waals surface area contributed by atoms with E-state index in [0.29, 0.717) is 24.3 Å². The molecule has 3 heterocycles. The zero-order chi connectivity index (χ0) is 15.4. The first-order chi connectivity index (χ1) is 10.8. The van der Waals surface area contributed by atoms with Gasteiger partial charge in [-0.05, 0) is 18.9 Å². The maximum absolute atomic E-state index is 8.98.